The molecule has 1 aromatic carbocycles. The lowest BCUT2D eigenvalue weighted by molar-refractivity contribution is 0.243. The number of nitrogens with zero attached hydrogens (tertiary/aromatic N) is 2. The fourth-order valence-corrected chi connectivity index (χ4v) is 3.03. The maximum atomic E-state index is 11.4. The van der Waals surface area contributed by atoms with Gasteiger partial charge in [0.15, 0.2) is 16.4 Å². The SMILES string of the molecule is CS(=O)(=O)c1ccc(OCc2nc(-c3cccs3)no2)cc1. The highest BCUT2D eigenvalue weighted by molar-refractivity contribution is 7.90. The molecule has 0 aliphatic rings. The lowest BCUT2D eigenvalue weighted by Gasteiger charge is -2.03. The number of thiophene rings is 1. The normalized spacial score (nSPS) is 11.5. The van der Waals surface area contributed by atoms with Crippen LogP contribution in [0.25, 0.3) is 10.7 Å². The Morgan fingerprint density at radius 1 is 1.23 bits per heavy atom. The van der Waals surface area contributed by atoms with Gasteiger partial charge < -0.3 is 9.26 Å². The summed E-state index contributed by atoms with van der Waals surface area (Å²) in [5, 5.41) is 5.82. The van der Waals surface area contributed by atoms with Crippen molar-refractivity contribution < 1.29 is 17.7 Å². The molecule has 114 valence electrons. The molecule has 3 rings (SSSR count). The number of sulfone groups is 1. The van der Waals surface area contributed by atoms with E-state index in [1.165, 1.54) is 23.5 Å². The number of hydrogen-bond acceptors (Lipinski definition) is 7. The molecular formula is C14H12N2O4S2. The molecule has 22 heavy (non-hydrogen) atoms. The summed E-state index contributed by atoms with van der Waals surface area (Å²) in [6, 6.07) is 9.99. The Morgan fingerprint density at radius 2 is 2.00 bits per heavy atom. The van der Waals surface area contributed by atoms with Crippen LogP contribution in [0.4, 0.5) is 0 Å². The largest absolute Gasteiger partial charge is 0.484 e. The molecule has 6 nitrogen and oxygen atoms in total. The van der Waals surface area contributed by atoms with Gasteiger partial charge in [0.2, 0.25) is 5.82 Å². The first-order valence-corrected chi connectivity index (χ1v) is 9.09. The third-order valence-corrected chi connectivity index (χ3v) is 4.82. The Balaban J connectivity index is 1.65. The molecule has 0 atom stereocenters. The van der Waals surface area contributed by atoms with Gasteiger partial charge >= 0.3 is 0 Å². The molecule has 0 fully saturated rings. The van der Waals surface area contributed by atoms with Crippen LogP contribution < -0.4 is 4.74 Å². The van der Waals surface area contributed by atoms with Crippen LogP contribution >= 0.6 is 11.3 Å². The molecule has 0 amide bonds. The van der Waals surface area contributed by atoms with E-state index in [2.05, 4.69) is 10.1 Å². The number of benzene rings is 1. The summed E-state index contributed by atoms with van der Waals surface area (Å²) >= 11 is 1.52. The zero-order chi connectivity index (χ0) is 15.6. The molecule has 0 aliphatic carbocycles. The lowest BCUT2D eigenvalue weighted by Crippen LogP contribution is -1.98. The molecule has 2 aromatic heterocycles. The second kappa shape index (κ2) is 5.90. The average Bonchev–Trinajstić information content (AvgIpc) is 3.15. The van der Waals surface area contributed by atoms with E-state index < -0.39 is 9.84 Å². The minimum atomic E-state index is -3.20. The van der Waals surface area contributed by atoms with E-state index >= 15 is 0 Å². The molecule has 0 N–H and O–H groups in total. The second-order valence-corrected chi connectivity index (χ2v) is 7.48. The summed E-state index contributed by atoms with van der Waals surface area (Å²) in [5.41, 5.74) is 0. The fourth-order valence-electron chi connectivity index (χ4n) is 1.75. The maximum absolute atomic E-state index is 11.4. The highest BCUT2D eigenvalue weighted by Crippen LogP contribution is 2.22. The van der Waals surface area contributed by atoms with E-state index in [1.807, 2.05) is 17.5 Å². The fraction of sp³-hybridized carbons (Fsp3) is 0.143. The van der Waals surface area contributed by atoms with Gasteiger partial charge in [0, 0.05) is 6.26 Å². The number of aromatic nitrogens is 2. The monoisotopic (exact) mass is 336 g/mol. The third-order valence-electron chi connectivity index (χ3n) is 2.82. The summed E-state index contributed by atoms with van der Waals surface area (Å²) in [6.07, 6.45) is 1.16. The Labute approximate surface area is 131 Å². The van der Waals surface area contributed by atoms with E-state index in [0.29, 0.717) is 17.5 Å². The predicted molar refractivity (Wildman–Crippen MR) is 81.5 cm³/mol. The average molecular weight is 336 g/mol. The topological polar surface area (TPSA) is 82.3 Å². The summed E-state index contributed by atoms with van der Waals surface area (Å²) in [6.45, 7) is 0.122. The van der Waals surface area contributed by atoms with Crippen molar-refractivity contribution in [3.8, 4) is 16.5 Å². The van der Waals surface area contributed by atoms with Gasteiger partial charge in [0.25, 0.3) is 5.89 Å². The van der Waals surface area contributed by atoms with Crippen LogP contribution in [0.5, 0.6) is 5.75 Å². The molecule has 0 aliphatic heterocycles. The first-order chi connectivity index (χ1) is 10.5. The zero-order valence-electron chi connectivity index (χ0n) is 11.6. The second-order valence-electron chi connectivity index (χ2n) is 4.52. The smallest absolute Gasteiger partial charge is 0.264 e. The summed E-state index contributed by atoms with van der Waals surface area (Å²) in [4.78, 5) is 5.41. The van der Waals surface area contributed by atoms with Gasteiger partial charge in [-0.05, 0) is 35.7 Å². The molecular weight excluding hydrogens is 324 g/mol. The Hall–Kier alpha value is -2.19. The predicted octanol–water partition coefficient (Wildman–Crippen LogP) is 2.78. The van der Waals surface area contributed by atoms with Crippen molar-refractivity contribution in [2.45, 2.75) is 11.5 Å². The van der Waals surface area contributed by atoms with Crippen LogP contribution in [-0.2, 0) is 16.4 Å². The van der Waals surface area contributed by atoms with Gasteiger partial charge in [-0.1, -0.05) is 11.2 Å². The molecule has 0 saturated carbocycles. The van der Waals surface area contributed by atoms with Crippen LogP contribution in [0.3, 0.4) is 0 Å². The van der Waals surface area contributed by atoms with Gasteiger partial charge in [0.05, 0.1) is 9.77 Å². The molecule has 0 radical (unpaired) electrons. The number of rotatable bonds is 5. The van der Waals surface area contributed by atoms with E-state index in [1.54, 1.807) is 12.1 Å². The molecule has 0 bridgehead atoms. The van der Waals surface area contributed by atoms with Crippen LogP contribution in [0.1, 0.15) is 5.89 Å². The molecule has 3 aromatic rings. The van der Waals surface area contributed by atoms with Crippen molar-refractivity contribution in [3.05, 3.63) is 47.7 Å². The van der Waals surface area contributed by atoms with Crippen molar-refractivity contribution in [3.63, 3.8) is 0 Å². The van der Waals surface area contributed by atoms with Crippen LogP contribution in [0, 0.1) is 0 Å². The standard InChI is InChI=1S/C14H12N2O4S2/c1-22(17,18)11-6-4-10(5-7-11)19-9-13-15-14(16-20-13)12-3-2-8-21-12/h2-8H,9H2,1H3. The van der Waals surface area contributed by atoms with Gasteiger partial charge in [0.1, 0.15) is 5.75 Å². The zero-order valence-corrected chi connectivity index (χ0v) is 13.2. The molecule has 2 heterocycles. The third kappa shape index (κ3) is 3.34. The van der Waals surface area contributed by atoms with Gasteiger partial charge in [-0.25, -0.2) is 8.42 Å². The molecule has 0 saturated heterocycles. The minimum Gasteiger partial charge on any atom is -0.484 e. The van der Waals surface area contributed by atoms with Gasteiger partial charge in [-0.3, -0.25) is 0 Å². The Bertz CT molecular complexity index is 853. The molecule has 8 heteroatoms. The van der Waals surface area contributed by atoms with Gasteiger partial charge in [-0.2, -0.15) is 4.98 Å². The first-order valence-electron chi connectivity index (χ1n) is 6.32. The van der Waals surface area contributed by atoms with Crippen molar-refractivity contribution in [1.29, 1.82) is 0 Å². The van der Waals surface area contributed by atoms with E-state index in [0.717, 1.165) is 11.1 Å². The quantitative estimate of drug-likeness (QED) is 0.712. The highest BCUT2D eigenvalue weighted by Gasteiger charge is 2.10. The van der Waals surface area contributed by atoms with Crippen molar-refractivity contribution >= 4 is 21.2 Å². The lowest BCUT2D eigenvalue weighted by atomic mass is 10.3. The maximum Gasteiger partial charge on any atom is 0.264 e. The minimum absolute atomic E-state index is 0.122. The van der Waals surface area contributed by atoms with Crippen molar-refractivity contribution in [2.75, 3.05) is 6.26 Å². The Morgan fingerprint density at radius 3 is 2.64 bits per heavy atom. The highest BCUT2D eigenvalue weighted by atomic mass is 32.2. The van der Waals surface area contributed by atoms with Crippen molar-refractivity contribution in [2.24, 2.45) is 0 Å². The Kier molecular flexibility index (Phi) is 3.95. The molecule has 0 unspecified atom stereocenters. The number of ether oxygens (including phenoxy) is 1. The van der Waals surface area contributed by atoms with Crippen LogP contribution in [-0.4, -0.2) is 24.8 Å². The molecule has 0 spiro atoms. The number of hydrogen-bond donors (Lipinski definition) is 0. The van der Waals surface area contributed by atoms with E-state index in [9.17, 15) is 8.42 Å². The first kappa shape index (κ1) is 14.7. The van der Waals surface area contributed by atoms with Crippen LogP contribution in [0.2, 0.25) is 0 Å². The van der Waals surface area contributed by atoms with E-state index in [4.69, 9.17) is 9.26 Å². The van der Waals surface area contributed by atoms with Crippen LogP contribution in [0.15, 0.2) is 51.2 Å². The van der Waals surface area contributed by atoms with Crippen molar-refractivity contribution in [1.82, 2.24) is 10.1 Å². The summed E-state index contributed by atoms with van der Waals surface area (Å²) in [7, 11) is -3.20. The summed E-state index contributed by atoms with van der Waals surface area (Å²) < 4.78 is 33.3. The van der Waals surface area contributed by atoms with Gasteiger partial charge in [-0.15, -0.1) is 11.3 Å². The summed E-state index contributed by atoms with van der Waals surface area (Å²) in [5.74, 6) is 1.42. The van der Waals surface area contributed by atoms with E-state index in [-0.39, 0.29) is 11.5 Å².